The van der Waals surface area contributed by atoms with Crippen molar-refractivity contribution in [2.75, 3.05) is 21.2 Å². The summed E-state index contributed by atoms with van der Waals surface area (Å²) in [6, 6.07) is 29.3. The van der Waals surface area contributed by atoms with Crippen LogP contribution in [0.15, 0.2) is 91.3 Å². The lowest BCUT2D eigenvalue weighted by Crippen LogP contribution is -2.52. The van der Waals surface area contributed by atoms with Crippen LogP contribution in [-0.2, 0) is 17.6 Å². The third kappa shape index (κ3) is 5.39. The number of rotatable bonds is 9. The van der Waals surface area contributed by atoms with Crippen molar-refractivity contribution >= 4 is 0 Å². The van der Waals surface area contributed by atoms with Gasteiger partial charge in [-0.1, -0.05) is 60.7 Å². The van der Waals surface area contributed by atoms with Gasteiger partial charge in [-0.3, -0.25) is 4.90 Å². The minimum Gasteiger partial charge on any atom is -0.497 e. The van der Waals surface area contributed by atoms with Crippen molar-refractivity contribution < 1.29 is 9.47 Å². The minimum absolute atomic E-state index is 0.00770. The van der Waals surface area contributed by atoms with Crippen molar-refractivity contribution in [3.63, 3.8) is 0 Å². The predicted molar refractivity (Wildman–Crippen MR) is 148 cm³/mol. The standard InChI is InChI=1S/C31H35N5O2/c1-36(2)31(25-12-8-5-9-13-25)20-18-30(19-21-31,24-10-6-4-7-11-24)34-22-28-32-23-33-29(35-28)38-27-16-14-26(37-3)15-17-27/h4-17,23,34H,18-22H2,1-3H3. The summed E-state index contributed by atoms with van der Waals surface area (Å²) in [6.45, 7) is 0.511. The first-order valence-electron chi connectivity index (χ1n) is 13.1. The van der Waals surface area contributed by atoms with Gasteiger partial charge >= 0.3 is 6.01 Å². The molecule has 196 valence electrons. The molecule has 0 atom stereocenters. The van der Waals surface area contributed by atoms with Crippen LogP contribution < -0.4 is 14.8 Å². The zero-order chi connectivity index (χ0) is 26.4. The van der Waals surface area contributed by atoms with Gasteiger partial charge in [0.1, 0.15) is 23.7 Å². The smallest absolute Gasteiger partial charge is 0.325 e. The summed E-state index contributed by atoms with van der Waals surface area (Å²) in [5.41, 5.74) is 2.50. The highest BCUT2D eigenvalue weighted by Crippen LogP contribution is 2.48. The zero-order valence-corrected chi connectivity index (χ0v) is 22.3. The third-order valence-electron chi connectivity index (χ3n) is 7.88. The maximum absolute atomic E-state index is 5.87. The zero-order valence-electron chi connectivity index (χ0n) is 22.3. The second-order valence-electron chi connectivity index (χ2n) is 10.1. The van der Waals surface area contributed by atoms with Crippen molar-refractivity contribution in [3.8, 4) is 17.5 Å². The lowest BCUT2D eigenvalue weighted by molar-refractivity contribution is 0.0521. The van der Waals surface area contributed by atoms with Crippen molar-refractivity contribution in [2.24, 2.45) is 0 Å². The summed E-state index contributed by atoms with van der Waals surface area (Å²) in [7, 11) is 6.04. The van der Waals surface area contributed by atoms with Gasteiger partial charge < -0.3 is 14.8 Å². The highest BCUT2D eigenvalue weighted by molar-refractivity contribution is 5.33. The molecular weight excluding hydrogens is 474 g/mol. The summed E-state index contributed by atoms with van der Waals surface area (Å²) in [5, 5.41) is 3.86. The lowest BCUT2D eigenvalue weighted by atomic mass is 9.66. The highest BCUT2D eigenvalue weighted by atomic mass is 16.5. The molecule has 0 unspecified atom stereocenters. The van der Waals surface area contributed by atoms with Gasteiger partial charge in [0, 0.05) is 11.1 Å². The van der Waals surface area contributed by atoms with E-state index < -0.39 is 0 Å². The van der Waals surface area contributed by atoms with Crippen LogP contribution >= 0.6 is 0 Å². The summed E-state index contributed by atoms with van der Waals surface area (Å²) >= 11 is 0. The van der Waals surface area contributed by atoms with Crippen LogP contribution in [0.25, 0.3) is 0 Å². The maximum atomic E-state index is 5.87. The van der Waals surface area contributed by atoms with E-state index in [0.29, 0.717) is 18.1 Å². The topological polar surface area (TPSA) is 72.4 Å². The van der Waals surface area contributed by atoms with E-state index in [4.69, 9.17) is 9.47 Å². The molecule has 1 heterocycles. The Hall–Kier alpha value is -3.81. The molecular formula is C31H35N5O2. The van der Waals surface area contributed by atoms with Gasteiger partial charge in [-0.25, -0.2) is 4.98 Å². The Morgan fingerprint density at radius 1 is 0.763 bits per heavy atom. The van der Waals surface area contributed by atoms with E-state index >= 15 is 0 Å². The maximum Gasteiger partial charge on any atom is 0.325 e. The molecule has 4 aromatic rings. The molecule has 1 N–H and O–H groups in total. The molecule has 38 heavy (non-hydrogen) atoms. The van der Waals surface area contributed by atoms with E-state index in [1.54, 1.807) is 7.11 Å². The van der Waals surface area contributed by atoms with E-state index in [9.17, 15) is 0 Å². The van der Waals surface area contributed by atoms with Crippen molar-refractivity contribution in [2.45, 2.75) is 43.3 Å². The number of nitrogens with zero attached hydrogens (tertiary/aromatic N) is 4. The molecule has 0 spiro atoms. The first kappa shape index (κ1) is 25.8. The molecule has 1 fully saturated rings. The molecule has 0 amide bonds. The van der Waals surface area contributed by atoms with E-state index in [-0.39, 0.29) is 17.1 Å². The molecule has 3 aromatic carbocycles. The van der Waals surface area contributed by atoms with Gasteiger partial charge in [0.25, 0.3) is 0 Å². The Morgan fingerprint density at radius 2 is 1.37 bits per heavy atom. The lowest BCUT2D eigenvalue weighted by Gasteiger charge is -2.50. The summed E-state index contributed by atoms with van der Waals surface area (Å²) < 4.78 is 11.1. The van der Waals surface area contributed by atoms with Gasteiger partial charge in [-0.15, -0.1) is 0 Å². The predicted octanol–water partition coefficient (Wildman–Crippen LogP) is 5.69. The van der Waals surface area contributed by atoms with E-state index in [0.717, 1.165) is 31.4 Å². The highest BCUT2D eigenvalue weighted by Gasteiger charge is 2.45. The number of nitrogens with one attached hydrogen (secondary N) is 1. The number of benzene rings is 3. The molecule has 0 bridgehead atoms. The van der Waals surface area contributed by atoms with Crippen LogP contribution in [0, 0.1) is 0 Å². The number of hydrogen-bond acceptors (Lipinski definition) is 7. The average molecular weight is 510 g/mol. The molecule has 7 nitrogen and oxygen atoms in total. The molecule has 0 saturated heterocycles. The normalized spacial score (nSPS) is 21.3. The number of hydrogen-bond donors (Lipinski definition) is 1. The first-order chi connectivity index (χ1) is 18.5. The Kier molecular flexibility index (Phi) is 7.67. The molecule has 1 aromatic heterocycles. The summed E-state index contributed by atoms with van der Waals surface area (Å²) in [6.07, 6.45) is 5.56. The van der Waals surface area contributed by atoms with Crippen LogP contribution in [0.5, 0.6) is 17.5 Å². The fraction of sp³-hybridized carbons (Fsp3) is 0.323. The third-order valence-corrected chi connectivity index (χ3v) is 7.88. The fourth-order valence-electron chi connectivity index (χ4n) is 5.60. The average Bonchev–Trinajstić information content (AvgIpc) is 2.98. The summed E-state index contributed by atoms with van der Waals surface area (Å²) in [5.74, 6) is 2.05. The molecule has 5 rings (SSSR count). The number of ether oxygens (including phenoxy) is 2. The van der Waals surface area contributed by atoms with Crippen LogP contribution in [0.4, 0.5) is 0 Å². The largest absolute Gasteiger partial charge is 0.497 e. The summed E-state index contributed by atoms with van der Waals surface area (Å²) in [4.78, 5) is 15.6. The quantitative estimate of drug-likeness (QED) is 0.311. The van der Waals surface area contributed by atoms with Crippen molar-refractivity contribution in [1.82, 2.24) is 25.2 Å². The monoisotopic (exact) mass is 509 g/mol. The second kappa shape index (κ2) is 11.3. The van der Waals surface area contributed by atoms with Gasteiger partial charge in [0.05, 0.1) is 13.7 Å². The van der Waals surface area contributed by atoms with Gasteiger partial charge in [0.15, 0.2) is 0 Å². The number of methoxy groups -OCH3 is 1. The molecule has 1 aliphatic carbocycles. The van der Waals surface area contributed by atoms with E-state index in [2.05, 4.69) is 99.9 Å². The number of aromatic nitrogens is 3. The second-order valence-corrected chi connectivity index (χ2v) is 10.1. The Balaban J connectivity index is 1.35. The molecule has 0 aliphatic heterocycles. The molecule has 1 saturated carbocycles. The van der Waals surface area contributed by atoms with Gasteiger partial charge in [-0.2, -0.15) is 9.97 Å². The minimum atomic E-state index is -0.181. The Bertz CT molecular complexity index is 1310. The van der Waals surface area contributed by atoms with E-state index in [1.165, 1.54) is 17.5 Å². The van der Waals surface area contributed by atoms with Gasteiger partial charge in [0.2, 0.25) is 0 Å². The molecule has 0 radical (unpaired) electrons. The first-order valence-corrected chi connectivity index (χ1v) is 13.1. The SMILES string of the molecule is COc1ccc(Oc2ncnc(CNC3(c4ccccc4)CCC(c4ccccc4)(N(C)C)CC3)n2)cc1. The van der Waals surface area contributed by atoms with Crippen LogP contribution in [0.2, 0.25) is 0 Å². The van der Waals surface area contributed by atoms with Crippen LogP contribution in [0.1, 0.15) is 42.6 Å². The van der Waals surface area contributed by atoms with Crippen LogP contribution in [0.3, 0.4) is 0 Å². The Morgan fingerprint density at radius 3 is 1.97 bits per heavy atom. The van der Waals surface area contributed by atoms with Gasteiger partial charge in [-0.05, 0) is 75.2 Å². The van der Waals surface area contributed by atoms with E-state index in [1.807, 2.05) is 24.3 Å². The van der Waals surface area contributed by atoms with Crippen molar-refractivity contribution in [1.29, 1.82) is 0 Å². The molecule has 1 aliphatic rings. The van der Waals surface area contributed by atoms with Crippen LogP contribution in [-0.4, -0.2) is 41.1 Å². The van der Waals surface area contributed by atoms with Crippen molar-refractivity contribution in [3.05, 3.63) is 108 Å². The fourth-order valence-corrected chi connectivity index (χ4v) is 5.60. The Labute approximate surface area is 224 Å². The molecule has 7 heteroatoms.